The predicted octanol–water partition coefficient (Wildman–Crippen LogP) is -0.0704. The van der Waals surface area contributed by atoms with E-state index in [9.17, 15) is 14.7 Å². The van der Waals surface area contributed by atoms with Crippen molar-refractivity contribution in [3.63, 3.8) is 0 Å². The van der Waals surface area contributed by atoms with E-state index >= 15 is 0 Å². The Morgan fingerprint density at radius 2 is 2.25 bits per heavy atom. The Bertz CT molecular complexity index is 191. The molecule has 0 rings (SSSR count). The third kappa shape index (κ3) is 1.30. The Labute approximate surface area is 44.0 Å². The van der Waals surface area contributed by atoms with Gasteiger partial charge >= 0.3 is 7.52 Å². The van der Waals surface area contributed by atoms with Gasteiger partial charge in [-0.2, -0.15) is 5.26 Å². The van der Waals surface area contributed by atoms with Gasteiger partial charge in [-0.05, 0) is 0 Å². The standard InChI is InChI=1S/CHN2O4P/c2-1-8(6,7)3(4)5/h(H,6,7). The summed E-state index contributed by atoms with van der Waals surface area (Å²) in [5.74, 6) is 0.653. The highest BCUT2D eigenvalue weighted by Crippen LogP contribution is 2.37. The zero-order chi connectivity index (χ0) is 6.78. The molecule has 6 nitrogen and oxygen atoms in total. The maximum atomic E-state index is 9.78. The quantitative estimate of drug-likeness (QED) is 0.308. The molecule has 0 heterocycles. The molecular formula is CHN2O4P. The van der Waals surface area contributed by atoms with Crippen molar-refractivity contribution >= 4 is 7.52 Å². The second kappa shape index (κ2) is 1.90. The Kier molecular flexibility index (Phi) is 1.68. The van der Waals surface area contributed by atoms with Crippen LogP contribution in [0.5, 0.6) is 0 Å². The summed E-state index contributed by atoms with van der Waals surface area (Å²) in [5, 5.41) is 16.9. The molecule has 0 aromatic heterocycles. The first-order valence-corrected chi connectivity index (χ1v) is 3.01. The molecule has 0 bridgehead atoms. The van der Waals surface area contributed by atoms with Crippen LogP contribution in [-0.4, -0.2) is 9.59 Å². The average molecular weight is 136 g/mol. The maximum absolute atomic E-state index is 9.78. The minimum atomic E-state index is -4.72. The third-order valence-corrected chi connectivity index (χ3v) is 1.05. The summed E-state index contributed by atoms with van der Waals surface area (Å²) >= 11 is 0. The lowest BCUT2D eigenvalue weighted by atomic mass is 11.8. The van der Waals surface area contributed by atoms with Crippen molar-refractivity contribution in [3.8, 4) is 5.81 Å². The fourth-order valence-electron chi connectivity index (χ4n) is 0.0365. The SMILES string of the molecule is N#CP(=O)(O)[N+](=O)[O-]. The Hall–Kier alpha value is -0.920. The van der Waals surface area contributed by atoms with E-state index in [1.54, 1.807) is 0 Å². The average Bonchev–Trinajstić information content (AvgIpc) is 1.67. The fraction of sp³-hybridized carbons (Fsp3) is 0. The maximum Gasteiger partial charge on any atom is 0.609 e. The van der Waals surface area contributed by atoms with Gasteiger partial charge in [-0.15, -0.1) is 0 Å². The van der Waals surface area contributed by atoms with E-state index in [0.29, 0.717) is 5.81 Å². The van der Waals surface area contributed by atoms with Crippen molar-refractivity contribution in [1.82, 2.24) is 0 Å². The van der Waals surface area contributed by atoms with Gasteiger partial charge in [0.2, 0.25) is 5.81 Å². The van der Waals surface area contributed by atoms with Crippen LogP contribution >= 0.6 is 7.52 Å². The molecule has 0 aliphatic carbocycles. The van der Waals surface area contributed by atoms with Crippen molar-refractivity contribution < 1.29 is 14.2 Å². The highest BCUT2D eigenvalue weighted by atomic mass is 31.2. The van der Waals surface area contributed by atoms with Crippen LogP contribution in [0, 0.1) is 21.2 Å². The molecule has 0 saturated carbocycles. The second-order valence-electron chi connectivity index (χ2n) is 0.882. The van der Waals surface area contributed by atoms with E-state index in [0.717, 1.165) is 0 Å². The molecule has 8 heavy (non-hydrogen) atoms. The molecule has 1 atom stereocenters. The molecule has 1 unspecified atom stereocenters. The van der Waals surface area contributed by atoms with E-state index in [4.69, 9.17) is 10.2 Å². The molecule has 0 amide bonds. The molecule has 0 aliphatic heterocycles. The van der Waals surface area contributed by atoms with Crippen molar-refractivity contribution in [2.24, 2.45) is 0 Å². The van der Waals surface area contributed by atoms with Gasteiger partial charge in [0.15, 0.2) is 0 Å². The predicted molar refractivity (Wildman–Crippen MR) is 22.4 cm³/mol. The normalized spacial score (nSPS) is 16.0. The number of nitriles is 1. The Balaban J connectivity index is 4.47. The summed E-state index contributed by atoms with van der Waals surface area (Å²) < 4.78 is 8.27. The summed E-state index contributed by atoms with van der Waals surface area (Å²) in [6, 6.07) is 0. The van der Waals surface area contributed by atoms with Crippen molar-refractivity contribution in [2.75, 3.05) is 0 Å². The minimum Gasteiger partial charge on any atom is -0.279 e. The van der Waals surface area contributed by atoms with Gasteiger partial charge < -0.3 is 0 Å². The summed E-state index contributed by atoms with van der Waals surface area (Å²) in [6.07, 6.45) is 0. The van der Waals surface area contributed by atoms with E-state index in [-0.39, 0.29) is 0 Å². The summed E-state index contributed by atoms with van der Waals surface area (Å²) in [7, 11) is -4.72. The molecule has 0 spiro atoms. The molecule has 7 heteroatoms. The number of hydrogen-bond acceptors (Lipinski definition) is 4. The van der Waals surface area contributed by atoms with E-state index in [1.807, 2.05) is 0 Å². The highest BCUT2D eigenvalue weighted by molar-refractivity contribution is 7.56. The van der Waals surface area contributed by atoms with Crippen LogP contribution < -0.4 is 0 Å². The van der Waals surface area contributed by atoms with Crippen LogP contribution in [0.2, 0.25) is 0 Å². The second-order valence-corrected chi connectivity index (χ2v) is 2.50. The van der Waals surface area contributed by atoms with Crippen molar-refractivity contribution in [3.05, 3.63) is 10.1 Å². The number of hydrogen-bond donors (Lipinski definition) is 1. The van der Waals surface area contributed by atoms with Crippen molar-refractivity contribution in [2.45, 2.75) is 0 Å². The van der Waals surface area contributed by atoms with Crippen LogP contribution in [0.3, 0.4) is 0 Å². The van der Waals surface area contributed by atoms with Gasteiger partial charge in [-0.1, -0.05) is 0 Å². The molecule has 0 aromatic carbocycles. The van der Waals surface area contributed by atoms with Crippen LogP contribution in [0.15, 0.2) is 0 Å². The molecule has 0 saturated heterocycles. The zero-order valence-corrected chi connectivity index (χ0v) is 4.41. The molecular weight excluding hydrogens is 135 g/mol. The summed E-state index contributed by atoms with van der Waals surface area (Å²) in [6.45, 7) is 0. The van der Waals surface area contributed by atoms with Crippen LogP contribution in [0.1, 0.15) is 0 Å². The lowest BCUT2D eigenvalue weighted by Gasteiger charge is -1.85. The smallest absolute Gasteiger partial charge is 0.279 e. The first-order valence-electron chi connectivity index (χ1n) is 1.39. The third-order valence-electron chi connectivity index (χ3n) is 0.352. The van der Waals surface area contributed by atoms with Gasteiger partial charge in [-0.25, -0.2) is 4.57 Å². The topological polar surface area (TPSA) is 104 Å². The number of rotatable bonds is 1. The molecule has 0 radical (unpaired) electrons. The number of nitro groups is 1. The number of nitrogens with zero attached hydrogens (tertiary/aromatic N) is 2. The van der Waals surface area contributed by atoms with Gasteiger partial charge in [0.25, 0.3) is 0 Å². The Morgan fingerprint density at radius 3 is 2.25 bits per heavy atom. The first kappa shape index (κ1) is 7.08. The molecule has 1 N–H and O–H groups in total. The van der Waals surface area contributed by atoms with Gasteiger partial charge in [0.1, 0.15) is 4.69 Å². The van der Waals surface area contributed by atoms with E-state index in [2.05, 4.69) is 0 Å². The lowest BCUT2D eigenvalue weighted by Crippen LogP contribution is -1.90. The van der Waals surface area contributed by atoms with Crippen LogP contribution in [0.4, 0.5) is 0 Å². The summed E-state index contributed by atoms with van der Waals surface area (Å²) in [5.41, 5.74) is 0. The van der Waals surface area contributed by atoms with Gasteiger partial charge in [-0.3, -0.25) is 15.0 Å². The highest BCUT2D eigenvalue weighted by Gasteiger charge is 2.32. The first-order chi connectivity index (χ1) is 3.50. The summed E-state index contributed by atoms with van der Waals surface area (Å²) in [4.78, 5) is 17.2. The van der Waals surface area contributed by atoms with Crippen LogP contribution in [0.25, 0.3) is 0 Å². The van der Waals surface area contributed by atoms with Gasteiger partial charge in [0.05, 0.1) is 0 Å². The molecule has 0 fully saturated rings. The van der Waals surface area contributed by atoms with Gasteiger partial charge in [0, 0.05) is 0 Å². The van der Waals surface area contributed by atoms with E-state index < -0.39 is 12.2 Å². The molecule has 44 valence electrons. The largest absolute Gasteiger partial charge is 0.609 e. The van der Waals surface area contributed by atoms with E-state index in [1.165, 1.54) is 0 Å². The van der Waals surface area contributed by atoms with Crippen LogP contribution in [-0.2, 0) is 4.57 Å². The van der Waals surface area contributed by atoms with Crippen molar-refractivity contribution in [1.29, 1.82) is 5.26 Å². The lowest BCUT2D eigenvalue weighted by molar-refractivity contribution is -0.323. The Morgan fingerprint density at radius 1 is 1.88 bits per heavy atom. The minimum absolute atomic E-state index is 0.653. The monoisotopic (exact) mass is 136 g/mol. The fourth-order valence-corrected chi connectivity index (χ4v) is 0.110. The molecule has 0 aromatic rings. The zero-order valence-electron chi connectivity index (χ0n) is 3.51. The molecule has 0 aliphatic rings.